The lowest BCUT2D eigenvalue weighted by Crippen LogP contribution is -2.02. The number of rotatable bonds is 3. The van der Waals surface area contributed by atoms with Crippen LogP contribution in [-0.4, -0.2) is 6.79 Å². The molecule has 0 aromatic heterocycles. The second kappa shape index (κ2) is 5.32. The zero-order chi connectivity index (χ0) is 13.9. The SMILES string of the molecule is N#Cc1ccc(Cl)cc1NCc1cccc2c1OCO2. The van der Waals surface area contributed by atoms with Gasteiger partial charge in [0.25, 0.3) is 0 Å². The number of benzene rings is 2. The maximum atomic E-state index is 9.08. The quantitative estimate of drug-likeness (QED) is 0.937. The van der Waals surface area contributed by atoms with Crippen LogP contribution in [0.25, 0.3) is 0 Å². The fourth-order valence-electron chi connectivity index (χ4n) is 2.08. The first-order valence-electron chi connectivity index (χ1n) is 6.09. The van der Waals surface area contributed by atoms with Crippen LogP contribution in [0.15, 0.2) is 36.4 Å². The van der Waals surface area contributed by atoms with E-state index in [1.807, 2.05) is 18.2 Å². The average Bonchev–Trinajstić information content (AvgIpc) is 2.94. The highest BCUT2D eigenvalue weighted by Crippen LogP contribution is 2.35. The molecule has 0 unspecified atom stereocenters. The minimum absolute atomic E-state index is 0.243. The summed E-state index contributed by atoms with van der Waals surface area (Å²) in [6.45, 7) is 0.772. The Kier molecular flexibility index (Phi) is 3.36. The van der Waals surface area contributed by atoms with Crippen molar-refractivity contribution in [2.45, 2.75) is 6.54 Å². The Morgan fingerprint density at radius 2 is 2.15 bits per heavy atom. The molecule has 2 aromatic carbocycles. The van der Waals surface area contributed by atoms with E-state index in [1.165, 1.54) is 0 Å². The van der Waals surface area contributed by atoms with Crippen molar-refractivity contribution in [1.29, 1.82) is 5.26 Å². The van der Waals surface area contributed by atoms with E-state index in [9.17, 15) is 0 Å². The van der Waals surface area contributed by atoms with Crippen molar-refractivity contribution in [3.63, 3.8) is 0 Å². The predicted octanol–water partition coefficient (Wildman–Crippen LogP) is 3.55. The summed E-state index contributed by atoms with van der Waals surface area (Å²) in [5.41, 5.74) is 2.24. The summed E-state index contributed by atoms with van der Waals surface area (Å²) < 4.78 is 10.8. The highest BCUT2D eigenvalue weighted by atomic mass is 35.5. The monoisotopic (exact) mass is 286 g/mol. The van der Waals surface area contributed by atoms with E-state index in [4.69, 9.17) is 26.3 Å². The van der Waals surface area contributed by atoms with Crippen molar-refractivity contribution in [3.8, 4) is 17.6 Å². The van der Waals surface area contributed by atoms with Gasteiger partial charge in [-0.05, 0) is 24.3 Å². The van der Waals surface area contributed by atoms with Crippen LogP contribution in [0, 0.1) is 11.3 Å². The Balaban J connectivity index is 1.83. The van der Waals surface area contributed by atoms with E-state index in [-0.39, 0.29) is 6.79 Å². The Morgan fingerprint density at radius 3 is 3.00 bits per heavy atom. The molecule has 0 aliphatic carbocycles. The summed E-state index contributed by atoms with van der Waals surface area (Å²) in [7, 11) is 0. The smallest absolute Gasteiger partial charge is 0.231 e. The zero-order valence-corrected chi connectivity index (χ0v) is 11.3. The number of nitrogens with zero attached hydrogens (tertiary/aromatic N) is 1. The molecule has 100 valence electrons. The summed E-state index contributed by atoms with van der Waals surface area (Å²) in [4.78, 5) is 0. The van der Waals surface area contributed by atoms with Crippen LogP contribution in [0.2, 0.25) is 5.02 Å². The fraction of sp³-hybridized carbons (Fsp3) is 0.133. The molecule has 0 spiro atoms. The maximum Gasteiger partial charge on any atom is 0.231 e. The van der Waals surface area contributed by atoms with Crippen molar-refractivity contribution in [2.24, 2.45) is 0 Å². The average molecular weight is 287 g/mol. The summed E-state index contributed by atoms with van der Waals surface area (Å²) in [6, 6.07) is 13.0. The number of nitrogens with one attached hydrogen (secondary N) is 1. The van der Waals surface area contributed by atoms with Crippen molar-refractivity contribution in [2.75, 3.05) is 12.1 Å². The third-order valence-electron chi connectivity index (χ3n) is 3.05. The van der Waals surface area contributed by atoms with Gasteiger partial charge in [0.05, 0.1) is 11.3 Å². The predicted molar refractivity (Wildman–Crippen MR) is 76.1 cm³/mol. The van der Waals surface area contributed by atoms with E-state index in [0.29, 0.717) is 22.8 Å². The van der Waals surface area contributed by atoms with Gasteiger partial charge in [0.2, 0.25) is 6.79 Å². The molecule has 5 heteroatoms. The summed E-state index contributed by atoms with van der Waals surface area (Å²) in [5.74, 6) is 1.50. The lowest BCUT2D eigenvalue weighted by Gasteiger charge is -2.10. The molecule has 2 aromatic rings. The van der Waals surface area contributed by atoms with E-state index >= 15 is 0 Å². The van der Waals surface area contributed by atoms with Crippen LogP contribution in [-0.2, 0) is 6.54 Å². The van der Waals surface area contributed by atoms with Gasteiger partial charge < -0.3 is 14.8 Å². The van der Waals surface area contributed by atoms with Crippen molar-refractivity contribution in [1.82, 2.24) is 0 Å². The van der Waals surface area contributed by atoms with E-state index in [2.05, 4.69) is 11.4 Å². The number of para-hydroxylation sites is 1. The summed E-state index contributed by atoms with van der Waals surface area (Å²) in [5, 5.41) is 12.9. The minimum Gasteiger partial charge on any atom is -0.454 e. The van der Waals surface area contributed by atoms with Gasteiger partial charge in [-0.25, -0.2) is 0 Å². The lowest BCUT2D eigenvalue weighted by molar-refractivity contribution is 0.173. The minimum atomic E-state index is 0.243. The molecule has 0 amide bonds. The topological polar surface area (TPSA) is 54.3 Å². The van der Waals surface area contributed by atoms with Gasteiger partial charge in [0, 0.05) is 17.1 Å². The van der Waals surface area contributed by atoms with Crippen molar-refractivity contribution in [3.05, 3.63) is 52.5 Å². The van der Waals surface area contributed by atoms with Gasteiger partial charge in [0.15, 0.2) is 11.5 Å². The van der Waals surface area contributed by atoms with Crippen molar-refractivity contribution >= 4 is 17.3 Å². The molecule has 0 radical (unpaired) electrons. The molecular weight excluding hydrogens is 276 g/mol. The second-order valence-corrected chi connectivity index (χ2v) is 4.74. The highest BCUT2D eigenvalue weighted by Gasteiger charge is 2.17. The zero-order valence-electron chi connectivity index (χ0n) is 10.5. The number of anilines is 1. The van der Waals surface area contributed by atoms with Crippen LogP contribution in [0.3, 0.4) is 0 Å². The molecule has 4 nitrogen and oxygen atoms in total. The molecule has 20 heavy (non-hydrogen) atoms. The van der Waals surface area contributed by atoms with Crippen molar-refractivity contribution < 1.29 is 9.47 Å². The summed E-state index contributed by atoms with van der Waals surface area (Å²) in [6.07, 6.45) is 0. The molecular formula is C15H11ClN2O2. The Hall–Kier alpha value is -2.38. The van der Waals surface area contributed by atoms with Gasteiger partial charge in [-0.15, -0.1) is 0 Å². The molecule has 0 saturated heterocycles. The van der Waals surface area contributed by atoms with Crippen LogP contribution in [0.1, 0.15) is 11.1 Å². The Labute approximate surface area is 121 Å². The number of fused-ring (bicyclic) bond motifs is 1. The normalized spacial score (nSPS) is 12.0. The lowest BCUT2D eigenvalue weighted by atomic mass is 10.1. The molecule has 0 fully saturated rings. The number of nitriles is 1. The van der Waals surface area contributed by atoms with Crippen LogP contribution in [0.4, 0.5) is 5.69 Å². The molecule has 1 N–H and O–H groups in total. The van der Waals surface area contributed by atoms with Gasteiger partial charge >= 0.3 is 0 Å². The first-order chi connectivity index (χ1) is 9.78. The third kappa shape index (κ3) is 2.36. The second-order valence-electron chi connectivity index (χ2n) is 4.31. The number of ether oxygens (including phenoxy) is 2. The Bertz CT molecular complexity index is 695. The number of halogens is 1. The van der Waals surface area contributed by atoms with Gasteiger partial charge in [-0.1, -0.05) is 23.7 Å². The standard InChI is InChI=1S/C15H11ClN2O2/c16-12-5-4-10(7-17)13(6-12)18-8-11-2-1-3-14-15(11)20-9-19-14/h1-6,18H,8-9H2. The van der Waals surface area contributed by atoms with Crippen LogP contribution >= 0.6 is 11.6 Å². The highest BCUT2D eigenvalue weighted by molar-refractivity contribution is 6.30. The van der Waals surface area contributed by atoms with Crippen LogP contribution < -0.4 is 14.8 Å². The molecule has 1 aliphatic rings. The van der Waals surface area contributed by atoms with E-state index in [0.717, 1.165) is 17.1 Å². The number of hydrogen-bond donors (Lipinski definition) is 1. The van der Waals surface area contributed by atoms with E-state index in [1.54, 1.807) is 18.2 Å². The Morgan fingerprint density at radius 1 is 1.25 bits per heavy atom. The molecule has 0 bridgehead atoms. The van der Waals surface area contributed by atoms with E-state index < -0.39 is 0 Å². The largest absolute Gasteiger partial charge is 0.454 e. The number of hydrogen-bond acceptors (Lipinski definition) is 4. The first-order valence-corrected chi connectivity index (χ1v) is 6.47. The van der Waals surface area contributed by atoms with Gasteiger partial charge in [0.1, 0.15) is 6.07 Å². The third-order valence-corrected chi connectivity index (χ3v) is 3.28. The maximum absolute atomic E-state index is 9.08. The summed E-state index contributed by atoms with van der Waals surface area (Å²) >= 11 is 5.96. The fourth-order valence-corrected chi connectivity index (χ4v) is 2.25. The molecule has 3 rings (SSSR count). The molecule has 1 aliphatic heterocycles. The first kappa shape index (κ1) is 12.6. The van der Waals surface area contributed by atoms with Gasteiger partial charge in [-0.2, -0.15) is 5.26 Å². The van der Waals surface area contributed by atoms with Gasteiger partial charge in [-0.3, -0.25) is 0 Å². The molecule has 0 saturated carbocycles. The molecule has 0 atom stereocenters. The molecule has 1 heterocycles. The van der Waals surface area contributed by atoms with Crippen LogP contribution in [0.5, 0.6) is 11.5 Å².